The molecular weight excluding hydrogens is 156 g/mol. The van der Waals surface area contributed by atoms with Gasteiger partial charge >= 0.3 is 0 Å². The number of halogens is 1. The third-order valence-electron chi connectivity index (χ3n) is 2.72. The highest BCUT2D eigenvalue weighted by atomic mass is 35.5. The van der Waals surface area contributed by atoms with Crippen LogP contribution >= 0.6 is 11.6 Å². The highest BCUT2D eigenvalue weighted by Crippen LogP contribution is 2.61. The smallest absolute Gasteiger partial charge is 0.000568 e. The maximum absolute atomic E-state index is 5.52. The first-order chi connectivity index (χ1) is 5.01. The zero-order chi connectivity index (χ0) is 8.65. The van der Waals surface area contributed by atoms with E-state index in [0.29, 0.717) is 17.3 Å². The third-order valence-corrected chi connectivity index (χ3v) is 2.87. The van der Waals surface area contributed by atoms with Crippen molar-refractivity contribution in [3.8, 4) is 0 Å². The van der Waals surface area contributed by atoms with Crippen LogP contribution in [0.1, 0.15) is 20.8 Å². The minimum Gasteiger partial charge on any atom is -0.0998 e. The first kappa shape index (κ1) is 8.86. The van der Waals surface area contributed by atoms with E-state index in [1.165, 1.54) is 5.57 Å². The summed E-state index contributed by atoms with van der Waals surface area (Å²) < 4.78 is 0. The molecule has 0 aromatic heterocycles. The van der Waals surface area contributed by atoms with E-state index in [9.17, 15) is 0 Å². The Morgan fingerprint density at radius 2 is 2.09 bits per heavy atom. The molecule has 1 aliphatic rings. The second-order valence-corrected chi connectivity index (χ2v) is 4.24. The SMILES string of the molecule is C=C(C)C1C(/C=C/Cl)C1(C)C. The molecule has 1 fully saturated rings. The Labute approximate surface area is 73.9 Å². The van der Waals surface area contributed by atoms with Crippen molar-refractivity contribution in [2.45, 2.75) is 20.8 Å². The van der Waals surface area contributed by atoms with Gasteiger partial charge in [0.1, 0.15) is 0 Å². The van der Waals surface area contributed by atoms with Crippen molar-refractivity contribution in [1.82, 2.24) is 0 Å². The van der Waals surface area contributed by atoms with E-state index in [1.807, 2.05) is 0 Å². The van der Waals surface area contributed by atoms with Crippen LogP contribution in [0.5, 0.6) is 0 Å². The molecule has 0 nitrogen and oxygen atoms in total. The Kier molecular flexibility index (Phi) is 2.15. The van der Waals surface area contributed by atoms with Crippen molar-refractivity contribution in [1.29, 1.82) is 0 Å². The van der Waals surface area contributed by atoms with Gasteiger partial charge in [0.2, 0.25) is 0 Å². The molecule has 1 heteroatoms. The molecule has 0 bridgehead atoms. The Hall–Kier alpha value is -0.230. The Morgan fingerprint density at radius 3 is 2.36 bits per heavy atom. The van der Waals surface area contributed by atoms with Gasteiger partial charge in [-0.05, 0) is 24.2 Å². The van der Waals surface area contributed by atoms with E-state index in [2.05, 4.69) is 33.4 Å². The van der Waals surface area contributed by atoms with E-state index in [-0.39, 0.29) is 0 Å². The summed E-state index contributed by atoms with van der Waals surface area (Å²) in [6.07, 6.45) is 2.07. The minimum absolute atomic E-state index is 0.386. The maximum atomic E-state index is 5.52. The van der Waals surface area contributed by atoms with Crippen LogP contribution in [0, 0.1) is 17.3 Å². The average molecular weight is 171 g/mol. The summed E-state index contributed by atoms with van der Waals surface area (Å²) in [5.74, 6) is 1.25. The average Bonchev–Trinajstić information content (AvgIpc) is 2.35. The second kappa shape index (κ2) is 2.67. The van der Waals surface area contributed by atoms with Crippen LogP contribution in [0.15, 0.2) is 23.8 Å². The van der Waals surface area contributed by atoms with E-state index in [4.69, 9.17) is 11.6 Å². The fraction of sp³-hybridized carbons (Fsp3) is 0.600. The van der Waals surface area contributed by atoms with E-state index in [0.717, 1.165) is 0 Å². The third kappa shape index (κ3) is 1.37. The fourth-order valence-corrected chi connectivity index (χ4v) is 2.21. The molecule has 11 heavy (non-hydrogen) atoms. The van der Waals surface area contributed by atoms with Gasteiger partial charge in [0.25, 0.3) is 0 Å². The van der Waals surface area contributed by atoms with Gasteiger partial charge in [-0.2, -0.15) is 0 Å². The van der Waals surface area contributed by atoms with Crippen LogP contribution in [0.4, 0.5) is 0 Å². The van der Waals surface area contributed by atoms with Crippen LogP contribution in [0.2, 0.25) is 0 Å². The summed E-state index contributed by atoms with van der Waals surface area (Å²) in [6.45, 7) is 10.6. The number of allylic oxidation sites excluding steroid dienone is 2. The molecule has 62 valence electrons. The molecule has 1 aliphatic carbocycles. The zero-order valence-electron chi connectivity index (χ0n) is 7.39. The van der Waals surface area contributed by atoms with Gasteiger partial charge in [-0.1, -0.05) is 43.7 Å². The second-order valence-electron chi connectivity index (χ2n) is 3.99. The molecule has 0 aromatic rings. The highest BCUT2D eigenvalue weighted by molar-refractivity contribution is 6.25. The van der Waals surface area contributed by atoms with Crippen molar-refractivity contribution < 1.29 is 0 Å². The summed E-state index contributed by atoms with van der Waals surface area (Å²) in [6, 6.07) is 0. The standard InChI is InChI=1S/C10H15Cl/c1-7(2)9-8(5-6-11)10(9,3)4/h5-6,8-9H,1H2,2-4H3/b6-5+. The molecule has 0 saturated heterocycles. The predicted octanol–water partition coefficient (Wildman–Crippen LogP) is 3.59. The van der Waals surface area contributed by atoms with E-state index < -0.39 is 0 Å². The van der Waals surface area contributed by atoms with Gasteiger partial charge in [-0.15, -0.1) is 0 Å². The summed E-state index contributed by atoms with van der Waals surface area (Å²) in [5.41, 5.74) is 3.28. The number of rotatable bonds is 2. The Morgan fingerprint density at radius 1 is 1.55 bits per heavy atom. The van der Waals surface area contributed by atoms with E-state index in [1.54, 1.807) is 5.54 Å². The van der Waals surface area contributed by atoms with Crippen molar-refractivity contribution >= 4 is 11.6 Å². The molecule has 0 aliphatic heterocycles. The van der Waals surface area contributed by atoms with Crippen molar-refractivity contribution in [2.75, 3.05) is 0 Å². The van der Waals surface area contributed by atoms with Crippen LogP contribution in [-0.4, -0.2) is 0 Å². The predicted molar refractivity (Wildman–Crippen MR) is 50.6 cm³/mol. The normalized spacial score (nSPS) is 34.2. The highest BCUT2D eigenvalue weighted by Gasteiger charge is 2.55. The molecule has 0 spiro atoms. The Bertz CT molecular complexity index is 201. The fourth-order valence-electron chi connectivity index (χ4n) is 2.06. The number of hydrogen-bond acceptors (Lipinski definition) is 0. The lowest BCUT2D eigenvalue weighted by molar-refractivity contribution is 0.578. The van der Waals surface area contributed by atoms with Gasteiger partial charge in [-0.25, -0.2) is 0 Å². The van der Waals surface area contributed by atoms with Crippen molar-refractivity contribution in [2.24, 2.45) is 17.3 Å². The first-order valence-electron chi connectivity index (χ1n) is 3.94. The van der Waals surface area contributed by atoms with Crippen LogP contribution in [0.25, 0.3) is 0 Å². The summed E-state index contributed by atoms with van der Waals surface area (Å²) >= 11 is 5.52. The first-order valence-corrected chi connectivity index (χ1v) is 4.37. The quantitative estimate of drug-likeness (QED) is 0.556. The lowest BCUT2D eigenvalue weighted by Gasteiger charge is -1.99. The van der Waals surface area contributed by atoms with Gasteiger partial charge in [0.15, 0.2) is 0 Å². The molecule has 0 amide bonds. The summed E-state index contributed by atoms with van der Waals surface area (Å²) in [7, 11) is 0. The topological polar surface area (TPSA) is 0 Å². The maximum Gasteiger partial charge on any atom is 0.000568 e. The van der Waals surface area contributed by atoms with Crippen LogP contribution in [-0.2, 0) is 0 Å². The Balaban J connectivity index is 2.68. The van der Waals surface area contributed by atoms with Gasteiger partial charge in [0.05, 0.1) is 0 Å². The number of hydrogen-bond donors (Lipinski definition) is 0. The van der Waals surface area contributed by atoms with Crippen molar-refractivity contribution in [3.05, 3.63) is 23.8 Å². The molecule has 2 atom stereocenters. The molecule has 1 rings (SSSR count). The van der Waals surface area contributed by atoms with Crippen molar-refractivity contribution in [3.63, 3.8) is 0 Å². The van der Waals surface area contributed by atoms with Gasteiger partial charge < -0.3 is 0 Å². The minimum atomic E-state index is 0.386. The molecule has 1 saturated carbocycles. The van der Waals surface area contributed by atoms with E-state index >= 15 is 0 Å². The molecule has 0 N–H and O–H groups in total. The summed E-state index contributed by atoms with van der Waals surface area (Å²) in [5, 5.41) is 0. The monoisotopic (exact) mass is 170 g/mol. The summed E-state index contributed by atoms with van der Waals surface area (Å²) in [4.78, 5) is 0. The molecule has 2 unspecified atom stereocenters. The van der Waals surface area contributed by atoms with Gasteiger partial charge in [0, 0.05) is 5.54 Å². The molecule has 0 aromatic carbocycles. The lowest BCUT2D eigenvalue weighted by atomic mass is 10.1. The molecular formula is C10H15Cl. The van der Waals surface area contributed by atoms with Crippen LogP contribution in [0.3, 0.4) is 0 Å². The van der Waals surface area contributed by atoms with Crippen LogP contribution < -0.4 is 0 Å². The molecule has 0 radical (unpaired) electrons. The lowest BCUT2D eigenvalue weighted by Crippen LogP contribution is -1.89. The largest absolute Gasteiger partial charge is 0.0998 e. The van der Waals surface area contributed by atoms with Gasteiger partial charge in [-0.3, -0.25) is 0 Å². The molecule has 0 heterocycles. The zero-order valence-corrected chi connectivity index (χ0v) is 8.15.